The number of hydrogen-bond acceptors (Lipinski definition) is 2. The number of alkyl halides is 1. The molecule has 0 heterocycles. The number of carbonyl (C=O) groups is 1. The molecule has 0 aliphatic carbocycles. The maximum atomic E-state index is 11.0. The molecule has 3 nitrogen and oxygen atoms in total. The Bertz CT molecular complexity index is 160. The minimum atomic E-state index is -0.467. The van der Waals surface area contributed by atoms with Gasteiger partial charge in [0.2, 0.25) is 5.91 Å². The lowest BCUT2D eigenvalue weighted by molar-refractivity contribution is -0.120. The van der Waals surface area contributed by atoms with Gasteiger partial charge in [0.25, 0.3) is 0 Å². The van der Waals surface area contributed by atoms with Crippen LogP contribution in [0.1, 0.15) is 27.2 Å². The monoisotopic (exact) mass is 221 g/mol. The van der Waals surface area contributed by atoms with Gasteiger partial charge in [-0.3, -0.25) is 4.79 Å². The van der Waals surface area contributed by atoms with Gasteiger partial charge >= 0.3 is 0 Å². The molecule has 0 aromatic rings. The van der Waals surface area contributed by atoms with Crippen LogP contribution in [-0.4, -0.2) is 31.0 Å². The molecule has 0 rings (SSSR count). The summed E-state index contributed by atoms with van der Waals surface area (Å²) in [5.74, 6) is 0.520. The molecule has 0 aromatic carbocycles. The third-order valence-electron chi connectivity index (χ3n) is 1.75. The lowest BCUT2D eigenvalue weighted by Crippen LogP contribution is -2.32. The van der Waals surface area contributed by atoms with Gasteiger partial charge in [-0.25, -0.2) is 0 Å². The Morgan fingerprint density at radius 2 is 2.00 bits per heavy atom. The van der Waals surface area contributed by atoms with E-state index in [1.54, 1.807) is 6.92 Å². The predicted molar refractivity (Wildman–Crippen MR) is 58.6 cm³/mol. The molecule has 0 aliphatic rings. The van der Waals surface area contributed by atoms with Gasteiger partial charge < -0.3 is 10.1 Å². The Labute approximate surface area is 91.2 Å². The second-order valence-corrected chi connectivity index (χ2v) is 4.36. The van der Waals surface area contributed by atoms with Crippen LogP contribution >= 0.6 is 11.6 Å². The number of hydrogen-bond donors (Lipinski definition) is 1. The fraction of sp³-hybridized carbons (Fsp3) is 0.900. The summed E-state index contributed by atoms with van der Waals surface area (Å²) in [6.07, 6.45) is 1.06. The molecule has 0 bridgehead atoms. The van der Waals surface area contributed by atoms with Crippen molar-refractivity contribution >= 4 is 17.5 Å². The number of rotatable bonds is 7. The number of halogens is 1. The van der Waals surface area contributed by atoms with Crippen molar-refractivity contribution in [2.45, 2.75) is 32.6 Å². The molecule has 1 atom stereocenters. The van der Waals surface area contributed by atoms with E-state index in [9.17, 15) is 4.79 Å². The molecule has 0 saturated carbocycles. The Hall–Kier alpha value is -0.280. The number of amides is 1. The largest absolute Gasteiger partial charge is 0.380 e. The maximum Gasteiger partial charge on any atom is 0.237 e. The minimum absolute atomic E-state index is 0.140. The fourth-order valence-corrected chi connectivity index (χ4v) is 0.885. The zero-order valence-electron chi connectivity index (χ0n) is 9.18. The molecular formula is C10H20ClNO2. The van der Waals surface area contributed by atoms with Crippen LogP contribution in [-0.2, 0) is 9.53 Å². The van der Waals surface area contributed by atoms with Gasteiger partial charge in [0.05, 0.1) is 6.61 Å². The molecule has 84 valence electrons. The molecule has 0 fully saturated rings. The highest BCUT2D eigenvalue weighted by Crippen LogP contribution is 1.98. The van der Waals surface area contributed by atoms with Gasteiger partial charge in [0.1, 0.15) is 5.38 Å². The molecular weight excluding hydrogens is 202 g/mol. The topological polar surface area (TPSA) is 38.3 Å². The van der Waals surface area contributed by atoms with Crippen molar-refractivity contribution in [3.63, 3.8) is 0 Å². The third kappa shape index (κ3) is 8.32. The molecule has 4 heteroatoms. The van der Waals surface area contributed by atoms with Crippen LogP contribution in [0.4, 0.5) is 0 Å². The van der Waals surface area contributed by atoms with E-state index in [0.717, 1.165) is 13.0 Å². The Balaban J connectivity index is 3.18. The van der Waals surface area contributed by atoms with E-state index in [1.807, 2.05) is 0 Å². The van der Waals surface area contributed by atoms with Crippen molar-refractivity contribution in [2.75, 3.05) is 19.8 Å². The van der Waals surface area contributed by atoms with E-state index in [-0.39, 0.29) is 5.91 Å². The highest BCUT2D eigenvalue weighted by Gasteiger charge is 2.06. The van der Waals surface area contributed by atoms with Gasteiger partial charge in [-0.05, 0) is 19.3 Å². The fourth-order valence-electron chi connectivity index (χ4n) is 0.808. The zero-order valence-corrected chi connectivity index (χ0v) is 9.93. The van der Waals surface area contributed by atoms with Crippen LogP contribution in [0.5, 0.6) is 0 Å². The molecule has 0 saturated heterocycles. The van der Waals surface area contributed by atoms with Gasteiger partial charge in [0.15, 0.2) is 0 Å². The molecule has 0 aliphatic heterocycles. The normalized spacial score (nSPS) is 12.9. The second kappa shape index (κ2) is 8.06. The first-order valence-electron chi connectivity index (χ1n) is 5.03. The quantitative estimate of drug-likeness (QED) is 0.526. The predicted octanol–water partition coefficient (Wildman–Crippen LogP) is 1.79. The van der Waals surface area contributed by atoms with Crippen LogP contribution in [0.2, 0.25) is 0 Å². The lowest BCUT2D eigenvalue weighted by atomic mass is 10.1. The highest BCUT2D eigenvalue weighted by molar-refractivity contribution is 6.30. The highest BCUT2D eigenvalue weighted by atomic mass is 35.5. The van der Waals surface area contributed by atoms with Crippen LogP contribution in [0.15, 0.2) is 0 Å². The third-order valence-corrected chi connectivity index (χ3v) is 1.94. The summed E-state index contributed by atoms with van der Waals surface area (Å²) in [5.41, 5.74) is 0. The number of nitrogens with one attached hydrogen (secondary N) is 1. The van der Waals surface area contributed by atoms with E-state index < -0.39 is 5.38 Å². The summed E-state index contributed by atoms with van der Waals surface area (Å²) in [6, 6.07) is 0. The summed E-state index contributed by atoms with van der Waals surface area (Å²) in [7, 11) is 0. The number of carbonyl (C=O) groups excluding carboxylic acids is 1. The summed E-state index contributed by atoms with van der Waals surface area (Å²) in [6.45, 7) is 7.80. The van der Waals surface area contributed by atoms with Gasteiger partial charge in [0, 0.05) is 13.2 Å². The minimum Gasteiger partial charge on any atom is -0.380 e. The van der Waals surface area contributed by atoms with Crippen LogP contribution in [0.3, 0.4) is 0 Å². The summed E-state index contributed by atoms with van der Waals surface area (Å²) < 4.78 is 5.32. The molecule has 1 unspecified atom stereocenters. The molecule has 0 spiro atoms. The standard InChI is InChI=1S/C10H20ClNO2/c1-8(2)4-6-14-7-5-12-10(13)9(3)11/h8-9H,4-7H2,1-3H3,(H,12,13). The van der Waals surface area contributed by atoms with Crippen molar-refractivity contribution in [1.29, 1.82) is 0 Å². The smallest absolute Gasteiger partial charge is 0.237 e. The van der Waals surface area contributed by atoms with Crippen LogP contribution in [0.25, 0.3) is 0 Å². The van der Waals surface area contributed by atoms with Crippen molar-refractivity contribution in [3.8, 4) is 0 Å². The lowest BCUT2D eigenvalue weighted by Gasteiger charge is -2.08. The molecule has 1 N–H and O–H groups in total. The zero-order chi connectivity index (χ0) is 11.0. The maximum absolute atomic E-state index is 11.0. The molecule has 0 radical (unpaired) electrons. The Morgan fingerprint density at radius 1 is 1.36 bits per heavy atom. The van der Waals surface area contributed by atoms with E-state index in [2.05, 4.69) is 19.2 Å². The van der Waals surface area contributed by atoms with E-state index >= 15 is 0 Å². The van der Waals surface area contributed by atoms with Gasteiger partial charge in [-0.2, -0.15) is 0 Å². The summed E-state index contributed by atoms with van der Waals surface area (Å²) >= 11 is 5.56. The molecule has 14 heavy (non-hydrogen) atoms. The summed E-state index contributed by atoms with van der Waals surface area (Å²) in [5, 5.41) is 2.21. The van der Waals surface area contributed by atoms with Gasteiger partial charge in [-0.15, -0.1) is 11.6 Å². The Morgan fingerprint density at radius 3 is 2.50 bits per heavy atom. The van der Waals surface area contributed by atoms with E-state index in [4.69, 9.17) is 16.3 Å². The van der Waals surface area contributed by atoms with Gasteiger partial charge in [-0.1, -0.05) is 13.8 Å². The Kier molecular flexibility index (Phi) is 7.90. The molecule has 0 aromatic heterocycles. The average molecular weight is 222 g/mol. The van der Waals surface area contributed by atoms with Crippen molar-refractivity contribution < 1.29 is 9.53 Å². The van der Waals surface area contributed by atoms with Crippen LogP contribution in [0, 0.1) is 5.92 Å². The first-order valence-corrected chi connectivity index (χ1v) is 5.47. The van der Waals surface area contributed by atoms with Crippen molar-refractivity contribution in [1.82, 2.24) is 5.32 Å². The first-order chi connectivity index (χ1) is 6.54. The van der Waals surface area contributed by atoms with Crippen molar-refractivity contribution in [2.24, 2.45) is 5.92 Å². The number of ether oxygens (including phenoxy) is 1. The van der Waals surface area contributed by atoms with E-state index in [0.29, 0.717) is 19.1 Å². The second-order valence-electron chi connectivity index (χ2n) is 3.70. The van der Waals surface area contributed by atoms with E-state index in [1.165, 1.54) is 0 Å². The molecule has 1 amide bonds. The SMILES string of the molecule is CC(C)CCOCCNC(=O)C(C)Cl. The van der Waals surface area contributed by atoms with Crippen molar-refractivity contribution in [3.05, 3.63) is 0 Å². The van der Waals surface area contributed by atoms with Crippen LogP contribution < -0.4 is 5.32 Å². The average Bonchev–Trinajstić information content (AvgIpc) is 2.09. The summed E-state index contributed by atoms with van der Waals surface area (Å²) in [4.78, 5) is 11.0. The first kappa shape index (κ1) is 13.7.